The van der Waals surface area contributed by atoms with Gasteiger partial charge in [-0.15, -0.1) is 12.4 Å². The second kappa shape index (κ2) is 14.6. The lowest BCUT2D eigenvalue weighted by atomic mass is 9.93. The molecule has 0 saturated heterocycles. The van der Waals surface area contributed by atoms with Gasteiger partial charge in [-0.05, 0) is 74.1 Å². The quantitative estimate of drug-likeness (QED) is 0.292. The van der Waals surface area contributed by atoms with E-state index in [4.69, 9.17) is 9.47 Å². The van der Waals surface area contributed by atoms with E-state index < -0.39 is 6.10 Å². The van der Waals surface area contributed by atoms with E-state index in [1.54, 1.807) is 19.1 Å². The summed E-state index contributed by atoms with van der Waals surface area (Å²) in [7, 11) is 0. The number of nitriles is 1. The van der Waals surface area contributed by atoms with Crippen molar-refractivity contribution in [2.24, 2.45) is 0 Å². The lowest BCUT2D eigenvalue weighted by Gasteiger charge is -2.28. The van der Waals surface area contributed by atoms with Gasteiger partial charge in [0.25, 0.3) is 0 Å². The maximum absolute atomic E-state index is 11.5. The molecule has 0 saturated carbocycles. The summed E-state index contributed by atoms with van der Waals surface area (Å²) in [5.74, 6) is 0.238. The van der Waals surface area contributed by atoms with E-state index in [-0.39, 0.29) is 30.5 Å². The van der Waals surface area contributed by atoms with Gasteiger partial charge in [-0.25, -0.2) is 0 Å². The number of β-amino-alcohol motifs (C(OH)–C–C–N with tert-alkyl or cyclic N) is 1. The fourth-order valence-corrected chi connectivity index (χ4v) is 4.18. The fourth-order valence-electron chi connectivity index (χ4n) is 4.18. The fraction of sp³-hybridized carbons (Fsp3) is 0.400. The van der Waals surface area contributed by atoms with Gasteiger partial charge in [0.2, 0.25) is 0 Å². The van der Waals surface area contributed by atoms with Gasteiger partial charge in [0.1, 0.15) is 24.5 Å². The van der Waals surface area contributed by atoms with E-state index >= 15 is 0 Å². The van der Waals surface area contributed by atoms with E-state index in [1.807, 2.05) is 18.2 Å². The van der Waals surface area contributed by atoms with Crippen molar-refractivity contribution in [1.82, 2.24) is 5.32 Å². The second-order valence-electron chi connectivity index (χ2n) is 9.69. The van der Waals surface area contributed by atoms with Crippen molar-refractivity contribution in [1.29, 1.82) is 5.26 Å². The smallest absolute Gasteiger partial charge is 0.305 e. The van der Waals surface area contributed by atoms with Crippen molar-refractivity contribution < 1.29 is 19.4 Å². The van der Waals surface area contributed by atoms with Crippen LogP contribution < -0.4 is 10.1 Å². The minimum atomic E-state index is -0.725. The third kappa shape index (κ3) is 9.70. The highest BCUT2D eigenvalue weighted by molar-refractivity contribution is 5.85. The number of carbonyl (C=O) groups is 1. The normalized spacial score (nSPS) is 11.9. The van der Waals surface area contributed by atoms with Gasteiger partial charge in [0.05, 0.1) is 12.2 Å². The Balaban J connectivity index is 0.00000481. The Labute approximate surface area is 226 Å². The first kappa shape index (κ1) is 30.1. The molecule has 3 rings (SSSR count). The van der Waals surface area contributed by atoms with Gasteiger partial charge < -0.3 is 19.9 Å². The molecule has 7 heteroatoms. The number of hydrogen-bond donors (Lipinski definition) is 2. The highest BCUT2D eigenvalue weighted by atomic mass is 35.5. The molecule has 3 aromatic carbocycles. The summed E-state index contributed by atoms with van der Waals surface area (Å²) in [4.78, 5) is 11.5. The third-order valence-corrected chi connectivity index (χ3v) is 6.02. The number of halogens is 1. The maximum atomic E-state index is 11.5. The van der Waals surface area contributed by atoms with Crippen LogP contribution >= 0.6 is 12.4 Å². The predicted molar refractivity (Wildman–Crippen MR) is 149 cm³/mol. The molecule has 0 aliphatic carbocycles. The predicted octanol–water partition coefficient (Wildman–Crippen LogP) is 5.37. The highest BCUT2D eigenvalue weighted by Gasteiger charge is 2.20. The zero-order chi connectivity index (χ0) is 26.0. The molecule has 0 radical (unpaired) electrons. The van der Waals surface area contributed by atoms with Crippen molar-refractivity contribution in [3.05, 3.63) is 77.4 Å². The number of carbonyl (C=O) groups excluding carboxylic acids is 1. The average molecular weight is 525 g/mol. The summed E-state index contributed by atoms with van der Waals surface area (Å²) in [5, 5.41) is 25.9. The molecule has 0 bridgehead atoms. The molecule has 3 aromatic rings. The summed E-state index contributed by atoms with van der Waals surface area (Å²) in [6.07, 6.45) is 1.78. The van der Waals surface area contributed by atoms with Crippen LogP contribution in [0.3, 0.4) is 0 Å². The largest absolute Gasteiger partial charge is 0.489 e. The standard InChI is InChI=1S/C30H36N2O4.ClH/c1-4-35-29(34)11-7-8-22-13-15-28(26(16-22)19-31)36-21-27(33)20-32-30(2,3)18-23-12-14-24-9-5-6-10-25(24)17-23;/h5-6,9-10,12-17,27,32-33H,4,7-8,11,18,20-21H2,1-3H3;1H/t27-;/m1./s1. The van der Waals surface area contributed by atoms with Gasteiger partial charge in [-0.2, -0.15) is 5.26 Å². The zero-order valence-electron chi connectivity index (χ0n) is 21.8. The monoisotopic (exact) mass is 524 g/mol. The number of esters is 1. The van der Waals surface area contributed by atoms with E-state index in [1.165, 1.54) is 16.3 Å². The van der Waals surface area contributed by atoms with Crippen LogP contribution in [-0.2, 0) is 22.4 Å². The zero-order valence-corrected chi connectivity index (χ0v) is 22.6. The Morgan fingerprint density at radius 3 is 2.54 bits per heavy atom. The molecule has 0 amide bonds. The van der Waals surface area contributed by atoms with Crippen molar-refractivity contribution in [2.75, 3.05) is 19.8 Å². The van der Waals surface area contributed by atoms with Crippen LogP contribution in [0.2, 0.25) is 0 Å². The minimum Gasteiger partial charge on any atom is -0.489 e. The molecule has 0 unspecified atom stereocenters. The van der Waals surface area contributed by atoms with Crippen LogP contribution in [-0.4, -0.2) is 42.5 Å². The van der Waals surface area contributed by atoms with Crippen molar-refractivity contribution in [2.45, 2.75) is 58.1 Å². The second-order valence-corrected chi connectivity index (χ2v) is 9.69. The van der Waals surface area contributed by atoms with Crippen LogP contribution in [0, 0.1) is 11.3 Å². The number of rotatable bonds is 13. The number of benzene rings is 3. The number of aliphatic hydroxyl groups is 1. The summed E-state index contributed by atoms with van der Waals surface area (Å²) in [5.41, 5.74) is 2.39. The SMILES string of the molecule is CCOC(=O)CCCc1ccc(OC[C@H](O)CNC(C)(C)Cc2ccc3ccccc3c2)c(C#N)c1.Cl. The Morgan fingerprint density at radius 1 is 1.08 bits per heavy atom. The molecule has 198 valence electrons. The Kier molecular flexibility index (Phi) is 11.9. The lowest BCUT2D eigenvalue weighted by Crippen LogP contribution is -2.46. The summed E-state index contributed by atoms with van der Waals surface area (Å²) in [6.45, 7) is 6.85. The number of nitrogens with one attached hydrogen (secondary N) is 1. The van der Waals surface area contributed by atoms with Crippen molar-refractivity contribution >= 4 is 29.1 Å². The summed E-state index contributed by atoms with van der Waals surface area (Å²) in [6, 6.07) is 22.4. The first-order valence-electron chi connectivity index (χ1n) is 12.5. The van der Waals surface area contributed by atoms with Gasteiger partial charge in [-0.1, -0.05) is 48.5 Å². The number of hydrogen-bond acceptors (Lipinski definition) is 6. The molecule has 0 spiro atoms. The van der Waals surface area contributed by atoms with E-state index in [2.05, 4.69) is 55.6 Å². The van der Waals surface area contributed by atoms with Crippen LogP contribution in [0.4, 0.5) is 0 Å². The van der Waals surface area contributed by atoms with Gasteiger partial charge in [0.15, 0.2) is 0 Å². The number of ether oxygens (including phenoxy) is 2. The molecular weight excluding hydrogens is 488 g/mol. The van der Waals surface area contributed by atoms with Crippen LogP contribution in [0.5, 0.6) is 5.75 Å². The van der Waals surface area contributed by atoms with E-state index in [0.717, 1.165) is 12.0 Å². The molecule has 0 aliphatic rings. The minimum absolute atomic E-state index is 0. The van der Waals surface area contributed by atoms with Gasteiger partial charge in [0, 0.05) is 18.5 Å². The number of fused-ring (bicyclic) bond motifs is 1. The van der Waals surface area contributed by atoms with Gasteiger partial charge >= 0.3 is 5.97 Å². The molecule has 2 N–H and O–H groups in total. The summed E-state index contributed by atoms with van der Waals surface area (Å²) >= 11 is 0. The maximum Gasteiger partial charge on any atom is 0.305 e. The van der Waals surface area contributed by atoms with Crippen molar-refractivity contribution in [3.63, 3.8) is 0 Å². The van der Waals surface area contributed by atoms with Crippen LogP contribution in [0.15, 0.2) is 60.7 Å². The Bertz CT molecular complexity index is 1210. The first-order chi connectivity index (χ1) is 17.3. The first-order valence-corrected chi connectivity index (χ1v) is 12.5. The van der Waals surface area contributed by atoms with Crippen LogP contribution in [0.25, 0.3) is 10.8 Å². The topological polar surface area (TPSA) is 91.6 Å². The Morgan fingerprint density at radius 2 is 1.81 bits per heavy atom. The molecule has 37 heavy (non-hydrogen) atoms. The Hall–Kier alpha value is -3.11. The van der Waals surface area contributed by atoms with E-state index in [9.17, 15) is 15.2 Å². The number of aliphatic hydroxyl groups excluding tert-OH is 1. The average Bonchev–Trinajstić information content (AvgIpc) is 2.86. The van der Waals surface area contributed by atoms with E-state index in [0.29, 0.717) is 43.7 Å². The number of nitrogens with zero attached hydrogens (tertiary/aromatic N) is 1. The van der Waals surface area contributed by atoms with Crippen LogP contribution in [0.1, 0.15) is 50.3 Å². The van der Waals surface area contributed by atoms with Crippen molar-refractivity contribution in [3.8, 4) is 11.8 Å². The molecule has 0 fully saturated rings. The summed E-state index contributed by atoms with van der Waals surface area (Å²) < 4.78 is 10.7. The molecule has 0 aromatic heterocycles. The lowest BCUT2D eigenvalue weighted by molar-refractivity contribution is -0.143. The number of aryl methyl sites for hydroxylation is 1. The molecular formula is C30H37ClN2O4. The third-order valence-electron chi connectivity index (χ3n) is 6.02. The molecule has 0 aliphatic heterocycles. The molecule has 0 heterocycles. The highest BCUT2D eigenvalue weighted by Crippen LogP contribution is 2.22. The van der Waals surface area contributed by atoms with Gasteiger partial charge in [-0.3, -0.25) is 4.79 Å². The molecule has 6 nitrogen and oxygen atoms in total. The molecule has 1 atom stereocenters.